The van der Waals surface area contributed by atoms with Crippen molar-refractivity contribution in [3.05, 3.63) is 58.1 Å². The number of benzene rings is 1. The monoisotopic (exact) mass is 318 g/mol. The largest absolute Gasteiger partial charge is 0.460 e. The number of hydrogen-bond acceptors (Lipinski definition) is 4. The van der Waals surface area contributed by atoms with E-state index < -0.39 is 0 Å². The van der Waals surface area contributed by atoms with Crippen molar-refractivity contribution in [3.63, 3.8) is 0 Å². The lowest BCUT2D eigenvalue weighted by Gasteiger charge is -2.01. The number of halogens is 1. The molecule has 2 heterocycles. The van der Waals surface area contributed by atoms with Crippen LogP contribution < -0.4 is 5.32 Å². The van der Waals surface area contributed by atoms with Crippen molar-refractivity contribution in [1.82, 2.24) is 4.98 Å². The van der Waals surface area contributed by atoms with E-state index in [0.717, 1.165) is 5.76 Å². The lowest BCUT2D eigenvalue weighted by molar-refractivity contribution is 0.102. The Bertz CT molecular complexity index is 794. The number of hydrogen-bond donors (Lipinski definition) is 1. The van der Waals surface area contributed by atoms with Gasteiger partial charge in [0.05, 0.1) is 0 Å². The SMILES string of the molecule is Cc1ccc(-c2csc(NC(=O)c3cccc(Cl)c3)n2)o1. The molecule has 1 aromatic carbocycles. The second kappa shape index (κ2) is 5.71. The first kappa shape index (κ1) is 13.9. The number of aromatic nitrogens is 1. The van der Waals surface area contributed by atoms with Crippen molar-refractivity contribution in [2.75, 3.05) is 5.32 Å². The molecule has 0 aliphatic heterocycles. The molecule has 4 nitrogen and oxygen atoms in total. The standard InChI is InChI=1S/C15H11ClN2O2S/c1-9-5-6-13(20-9)12-8-21-15(17-12)18-14(19)10-3-2-4-11(16)7-10/h2-8H,1H3,(H,17,18,19). The summed E-state index contributed by atoms with van der Waals surface area (Å²) in [4.78, 5) is 16.4. The van der Waals surface area contributed by atoms with Crippen LogP contribution in [0.25, 0.3) is 11.5 Å². The summed E-state index contributed by atoms with van der Waals surface area (Å²) in [6.45, 7) is 1.87. The van der Waals surface area contributed by atoms with E-state index in [1.165, 1.54) is 11.3 Å². The Kier molecular flexibility index (Phi) is 3.77. The fourth-order valence-corrected chi connectivity index (χ4v) is 2.70. The predicted octanol–water partition coefficient (Wildman–Crippen LogP) is 4.62. The quantitative estimate of drug-likeness (QED) is 0.766. The van der Waals surface area contributed by atoms with Crippen LogP contribution in [0, 0.1) is 6.92 Å². The molecule has 0 radical (unpaired) electrons. The minimum Gasteiger partial charge on any atom is -0.460 e. The van der Waals surface area contributed by atoms with E-state index in [1.807, 2.05) is 24.4 Å². The van der Waals surface area contributed by atoms with E-state index in [4.69, 9.17) is 16.0 Å². The van der Waals surface area contributed by atoms with Crippen LogP contribution in [0.4, 0.5) is 5.13 Å². The number of furan rings is 1. The summed E-state index contributed by atoms with van der Waals surface area (Å²) in [6.07, 6.45) is 0. The first-order chi connectivity index (χ1) is 10.1. The molecule has 6 heteroatoms. The zero-order chi connectivity index (χ0) is 14.8. The Hall–Kier alpha value is -2.11. The maximum absolute atomic E-state index is 12.1. The van der Waals surface area contributed by atoms with Crippen molar-refractivity contribution in [3.8, 4) is 11.5 Å². The number of carbonyl (C=O) groups is 1. The van der Waals surface area contributed by atoms with Gasteiger partial charge < -0.3 is 4.42 Å². The van der Waals surface area contributed by atoms with Gasteiger partial charge in [-0.05, 0) is 37.3 Å². The molecule has 0 fully saturated rings. The van der Waals surface area contributed by atoms with Crippen molar-refractivity contribution in [2.24, 2.45) is 0 Å². The average molecular weight is 319 g/mol. The summed E-state index contributed by atoms with van der Waals surface area (Å²) in [5, 5.41) is 5.63. The Morgan fingerprint density at radius 3 is 2.90 bits per heavy atom. The molecule has 21 heavy (non-hydrogen) atoms. The first-order valence-corrected chi connectivity index (χ1v) is 7.47. The summed E-state index contributed by atoms with van der Waals surface area (Å²) >= 11 is 7.22. The molecule has 0 spiro atoms. The van der Waals surface area contributed by atoms with Gasteiger partial charge in [-0.2, -0.15) is 0 Å². The molecule has 0 aliphatic carbocycles. The molecule has 0 aliphatic rings. The number of amides is 1. The highest BCUT2D eigenvalue weighted by molar-refractivity contribution is 7.14. The topological polar surface area (TPSA) is 55.1 Å². The van der Waals surface area contributed by atoms with Crippen LogP contribution in [0.3, 0.4) is 0 Å². The van der Waals surface area contributed by atoms with Crippen LogP contribution in [0.2, 0.25) is 5.02 Å². The van der Waals surface area contributed by atoms with Gasteiger partial charge in [0.2, 0.25) is 0 Å². The molecule has 0 bridgehead atoms. The number of carbonyl (C=O) groups excluding carboxylic acids is 1. The number of thiazole rings is 1. The van der Waals surface area contributed by atoms with Crippen LogP contribution in [-0.2, 0) is 0 Å². The fraction of sp³-hybridized carbons (Fsp3) is 0.0667. The van der Waals surface area contributed by atoms with Crippen LogP contribution in [0.5, 0.6) is 0 Å². The van der Waals surface area contributed by atoms with E-state index >= 15 is 0 Å². The molecular weight excluding hydrogens is 308 g/mol. The molecular formula is C15H11ClN2O2S. The second-order valence-corrected chi connectivity index (χ2v) is 5.71. The van der Waals surface area contributed by atoms with Crippen molar-refractivity contribution in [1.29, 1.82) is 0 Å². The average Bonchev–Trinajstić information content (AvgIpc) is 3.07. The van der Waals surface area contributed by atoms with E-state index in [2.05, 4.69) is 10.3 Å². The molecule has 2 aromatic heterocycles. The Balaban J connectivity index is 1.77. The van der Waals surface area contributed by atoms with Crippen molar-refractivity contribution >= 4 is 34.0 Å². The number of aryl methyl sites for hydroxylation is 1. The van der Waals surface area contributed by atoms with E-state index in [1.54, 1.807) is 24.3 Å². The zero-order valence-corrected chi connectivity index (χ0v) is 12.7. The number of nitrogens with one attached hydrogen (secondary N) is 1. The van der Waals surface area contributed by atoms with Gasteiger partial charge in [-0.15, -0.1) is 11.3 Å². The van der Waals surface area contributed by atoms with Crippen LogP contribution >= 0.6 is 22.9 Å². The summed E-state index contributed by atoms with van der Waals surface area (Å²) in [5.74, 6) is 1.27. The third kappa shape index (κ3) is 3.15. The van der Waals surface area contributed by atoms with E-state index in [9.17, 15) is 4.79 Å². The zero-order valence-electron chi connectivity index (χ0n) is 11.1. The molecule has 0 saturated carbocycles. The first-order valence-electron chi connectivity index (χ1n) is 6.21. The second-order valence-electron chi connectivity index (χ2n) is 4.41. The molecule has 106 valence electrons. The minimum absolute atomic E-state index is 0.242. The Morgan fingerprint density at radius 2 is 2.19 bits per heavy atom. The normalized spacial score (nSPS) is 10.6. The third-order valence-corrected chi connectivity index (χ3v) is 3.80. The summed E-state index contributed by atoms with van der Waals surface area (Å²) in [7, 11) is 0. The van der Waals surface area contributed by atoms with Gasteiger partial charge in [0.15, 0.2) is 10.9 Å². The summed E-state index contributed by atoms with van der Waals surface area (Å²) < 4.78 is 5.50. The molecule has 3 aromatic rings. The smallest absolute Gasteiger partial charge is 0.257 e. The highest BCUT2D eigenvalue weighted by Crippen LogP contribution is 2.26. The number of anilines is 1. The maximum Gasteiger partial charge on any atom is 0.257 e. The predicted molar refractivity (Wildman–Crippen MR) is 84.0 cm³/mol. The van der Waals surface area contributed by atoms with Gasteiger partial charge in [-0.3, -0.25) is 10.1 Å². The van der Waals surface area contributed by atoms with Crippen molar-refractivity contribution in [2.45, 2.75) is 6.92 Å². The van der Waals surface area contributed by atoms with Gasteiger partial charge in [0, 0.05) is 16.0 Å². The van der Waals surface area contributed by atoms with E-state index in [0.29, 0.717) is 27.2 Å². The lowest BCUT2D eigenvalue weighted by Crippen LogP contribution is -2.11. The fourth-order valence-electron chi connectivity index (χ4n) is 1.82. The highest BCUT2D eigenvalue weighted by Gasteiger charge is 2.11. The third-order valence-electron chi connectivity index (χ3n) is 2.80. The van der Waals surface area contributed by atoms with Crippen molar-refractivity contribution < 1.29 is 9.21 Å². The number of nitrogens with zero attached hydrogens (tertiary/aromatic N) is 1. The van der Waals surface area contributed by atoms with Gasteiger partial charge in [0.25, 0.3) is 5.91 Å². The maximum atomic E-state index is 12.1. The minimum atomic E-state index is -0.242. The number of rotatable bonds is 3. The summed E-state index contributed by atoms with van der Waals surface area (Å²) in [6, 6.07) is 10.5. The lowest BCUT2D eigenvalue weighted by atomic mass is 10.2. The Morgan fingerprint density at radius 1 is 1.33 bits per heavy atom. The highest BCUT2D eigenvalue weighted by atomic mass is 35.5. The molecule has 0 atom stereocenters. The van der Waals surface area contributed by atoms with Gasteiger partial charge in [-0.1, -0.05) is 17.7 Å². The molecule has 0 saturated heterocycles. The Labute approximate surface area is 130 Å². The summed E-state index contributed by atoms with van der Waals surface area (Å²) in [5.41, 5.74) is 1.20. The molecule has 1 amide bonds. The molecule has 1 N–H and O–H groups in total. The van der Waals surface area contributed by atoms with E-state index in [-0.39, 0.29) is 5.91 Å². The van der Waals surface area contributed by atoms with Gasteiger partial charge in [-0.25, -0.2) is 4.98 Å². The molecule has 3 rings (SSSR count). The van der Waals surface area contributed by atoms with Crippen LogP contribution in [-0.4, -0.2) is 10.9 Å². The molecule has 0 unspecified atom stereocenters. The van der Waals surface area contributed by atoms with Gasteiger partial charge in [0.1, 0.15) is 11.5 Å². The van der Waals surface area contributed by atoms with Crippen LogP contribution in [0.1, 0.15) is 16.1 Å². The van der Waals surface area contributed by atoms with Gasteiger partial charge >= 0.3 is 0 Å². The van der Waals surface area contributed by atoms with Crippen LogP contribution in [0.15, 0.2) is 46.2 Å².